The standard InChI is InChI=1S/C13H13N3O3/c1-9-3-2-4-11(5-9)16-13(19)10(6-14)7-15-8-12(17)18/h2-5,7,15H,8H2,1H3,(H,16,19)(H,17,18)/b10-7-. The number of hydrogen-bond donors (Lipinski definition) is 3. The number of carboxylic acids is 1. The number of carbonyl (C=O) groups excluding carboxylic acids is 1. The summed E-state index contributed by atoms with van der Waals surface area (Å²) in [6.45, 7) is 1.52. The summed E-state index contributed by atoms with van der Waals surface area (Å²) in [5, 5.41) is 22.2. The highest BCUT2D eigenvalue weighted by Crippen LogP contribution is 2.10. The number of aliphatic carboxylic acids is 1. The van der Waals surface area contributed by atoms with Crippen LogP contribution in [-0.2, 0) is 9.59 Å². The highest BCUT2D eigenvalue weighted by atomic mass is 16.4. The van der Waals surface area contributed by atoms with E-state index in [4.69, 9.17) is 10.4 Å². The molecule has 19 heavy (non-hydrogen) atoms. The first-order valence-corrected chi connectivity index (χ1v) is 5.46. The third kappa shape index (κ3) is 4.91. The molecule has 3 N–H and O–H groups in total. The summed E-state index contributed by atoms with van der Waals surface area (Å²) in [6.07, 6.45) is 1.08. The van der Waals surface area contributed by atoms with Gasteiger partial charge in [0, 0.05) is 11.9 Å². The maximum Gasteiger partial charge on any atom is 0.322 e. The van der Waals surface area contributed by atoms with Gasteiger partial charge in [-0.1, -0.05) is 12.1 Å². The number of carbonyl (C=O) groups is 2. The molecule has 0 aliphatic carbocycles. The summed E-state index contributed by atoms with van der Waals surface area (Å²) >= 11 is 0. The third-order valence-corrected chi connectivity index (χ3v) is 2.14. The van der Waals surface area contributed by atoms with Crippen molar-refractivity contribution in [1.82, 2.24) is 5.32 Å². The van der Waals surface area contributed by atoms with Crippen LogP contribution >= 0.6 is 0 Å². The lowest BCUT2D eigenvalue weighted by atomic mass is 10.2. The predicted octanol–water partition coefficient (Wildman–Crippen LogP) is 1.02. The van der Waals surface area contributed by atoms with Crippen molar-refractivity contribution in [3.05, 3.63) is 41.6 Å². The molecule has 0 aromatic heterocycles. The molecule has 1 aromatic carbocycles. The van der Waals surface area contributed by atoms with Gasteiger partial charge in [0.1, 0.15) is 18.2 Å². The van der Waals surface area contributed by atoms with E-state index in [9.17, 15) is 9.59 Å². The van der Waals surface area contributed by atoms with Gasteiger partial charge in [-0.15, -0.1) is 0 Å². The van der Waals surface area contributed by atoms with Crippen LogP contribution in [0.3, 0.4) is 0 Å². The molecular weight excluding hydrogens is 246 g/mol. The number of hydrogen-bond acceptors (Lipinski definition) is 4. The molecule has 98 valence electrons. The van der Waals surface area contributed by atoms with Gasteiger partial charge in [0.05, 0.1) is 0 Å². The van der Waals surface area contributed by atoms with Gasteiger partial charge in [0.2, 0.25) is 0 Å². The van der Waals surface area contributed by atoms with Crippen LogP contribution in [0.25, 0.3) is 0 Å². The van der Waals surface area contributed by atoms with E-state index < -0.39 is 11.9 Å². The summed E-state index contributed by atoms with van der Waals surface area (Å²) in [5.41, 5.74) is 1.36. The smallest absolute Gasteiger partial charge is 0.322 e. The van der Waals surface area contributed by atoms with Gasteiger partial charge in [-0.3, -0.25) is 9.59 Å². The fourth-order valence-electron chi connectivity index (χ4n) is 1.31. The fourth-order valence-corrected chi connectivity index (χ4v) is 1.31. The molecule has 6 nitrogen and oxygen atoms in total. The first kappa shape index (κ1) is 14.3. The molecule has 6 heteroatoms. The van der Waals surface area contributed by atoms with E-state index in [2.05, 4.69) is 10.6 Å². The van der Waals surface area contributed by atoms with Gasteiger partial charge >= 0.3 is 5.97 Å². The number of nitriles is 1. The Hall–Kier alpha value is -2.81. The lowest BCUT2D eigenvalue weighted by molar-refractivity contribution is -0.135. The van der Waals surface area contributed by atoms with E-state index in [1.54, 1.807) is 24.3 Å². The minimum Gasteiger partial charge on any atom is -0.480 e. The monoisotopic (exact) mass is 259 g/mol. The number of nitrogens with zero attached hydrogens (tertiary/aromatic N) is 1. The lowest BCUT2D eigenvalue weighted by Gasteiger charge is -2.05. The van der Waals surface area contributed by atoms with Gasteiger partial charge in [0.25, 0.3) is 5.91 Å². The maximum atomic E-state index is 11.7. The molecule has 1 rings (SSSR count). The Morgan fingerprint density at radius 1 is 1.47 bits per heavy atom. The molecule has 1 amide bonds. The Kier molecular flexibility index (Phi) is 5.11. The molecule has 0 saturated heterocycles. The number of benzene rings is 1. The molecule has 0 saturated carbocycles. The van der Waals surface area contributed by atoms with Gasteiger partial charge in [-0.05, 0) is 24.6 Å². The van der Waals surface area contributed by atoms with Crippen molar-refractivity contribution in [3.8, 4) is 6.07 Å². The average Bonchev–Trinajstić information content (AvgIpc) is 2.34. The molecule has 0 bridgehead atoms. The summed E-state index contributed by atoms with van der Waals surface area (Å²) in [7, 11) is 0. The number of rotatable bonds is 5. The maximum absolute atomic E-state index is 11.7. The topological polar surface area (TPSA) is 102 Å². The van der Waals surface area contributed by atoms with Crippen LogP contribution in [0.4, 0.5) is 5.69 Å². The Morgan fingerprint density at radius 3 is 2.79 bits per heavy atom. The van der Waals surface area contributed by atoms with Crippen molar-refractivity contribution >= 4 is 17.6 Å². The summed E-state index contributed by atoms with van der Waals surface area (Å²) < 4.78 is 0. The molecule has 0 unspecified atom stereocenters. The van der Waals surface area contributed by atoms with Crippen LogP contribution < -0.4 is 10.6 Å². The van der Waals surface area contributed by atoms with Gasteiger partial charge < -0.3 is 15.7 Å². The van der Waals surface area contributed by atoms with Crippen molar-refractivity contribution in [1.29, 1.82) is 5.26 Å². The zero-order chi connectivity index (χ0) is 14.3. The van der Waals surface area contributed by atoms with E-state index in [1.165, 1.54) is 0 Å². The lowest BCUT2D eigenvalue weighted by Crippen LogP contribution is -2.20. The van der Waals surface area contributed by atoms with E-state index in [0.29, 0.717) is 5.69 Å². The second-order valence-electron chi connectivity index (χ2n) is 3.77. The van der Waals surface area contributed by atoms with Crippen molar-refractivity contribution in [2.75, 3.05) is 11.9 Å². The minimum atomic E-state index is -1.08. The van der Waals surface area contributed by atoms with Crippen molar-refractivity contribution in [3.63, 3.8) is 0 Å². The molecule has 0 aliphatic heterocycles. The summed E-state index contributed by atoms with van der Waals surface area (Å²) in [4.78, 5) is 22.0. The predicted molar refractivity (Wildman–Crippen MR) is 69.1 cm³/mol. The number of anilines is 1. The van der Waals surface area contributed by atoms with Crippen molar-refractivity contribution in [2.24, 2.45) is 0 Å². The van der Waals surface area contributed by atoms with E-state index in [0.717, 1.165) is 11.8 Å². The largest absolute Gasteiger partial charge is 0.480 e. The Bertz CT molecular complexity index is 558. The molecule has 0 atom stereocenters. The first-order valence-electron chi connectivity index (χ1n) is 5.46. The molecule has 0 spiro atoms. The second-order valence-corrected chi connectivity index (χ2v) is 3.77. The quantitative estimate of drug-likeness (QED) is 0.541. The summed E-state index contributed by atoms with van der Waals surface area (Å²) in [5.74, 6) is -1.67. The Balaban J connectivity index is 2.69. The average molecular weight is 259 g/mol. The molecule has 1 aromatic rings. The van der Waals surface area contributed by atoms with E-state index in [1.807, 2.05) is 13.0 Å². The number of carboxylic acid groups (broad SMARTS) is 1. The van der Waals surface area contributed by atoms with Crippen molar-refractivity contribution < 1.29 is 14.7 Å². The van der Waals surface area contributed by atoms with Crippen LogP contribution in [-0.4, -0.2) is 23.5 Å². The van der Waals surface area contributed by atoms with E-state index >= 15 is 0 Å². The van der Waals surface area contributed by atoms with Crippen LogP contribution in [0.5, 0.6) is 0 Å². The molecular formula is C13H13N3O3. The van der Waals surface area contributed by atoms with Gasteiger partial charge in [-0.2, -0.15) is 5.26 Å². The van der Waals surface area contributed by atoms with Crippen LogP contribution in [0.15, 0.2) is 36.0 Å². The Morgan fingerprint density at radius 2 is 2.21 bits per heavy atom. The van der Waals surface area contributed by atoms with Crippen molar-refractivity contribution in [2.45, 2.75) is 6.92 Å². The Labute approximate surface area is 110 Å². The molecule has 0 heterocycles. The number of nitrogens with one attached hydrogen (secondary N) is 2. The zero-order valence-corrected chi connectivity index (χ0v) is 10.3. The zero-order valence-electron chi connectivity index (χ0n) is 10.3. The number of amides is 1. The summed E-state index contributed by atoms with van der Waals surface area (Å²) in [6, 6.07) is 8.83. The normalized spacial score (nSPS) is 10.4. The fraction of sp³-hybridized carbons (Fsp3) is 0.154. The SMILES string of the molecule is Cc1cccc(NC(=O)/C(C#N)=C\NCC(=O)O)c1. The van der Waals surface area contributed by atoms with Crippen LogP contribution in [0.1, 0.15) is 5.56 Å². The second kappa shape index (κ2) is 6.81. The highest BCUT2D eigenvalue weighted by Gasteiger charge is 2.09. The van der Waals surface area contributed by atoms with Gasteiger partial charge in [0.15, 0.2) is 0 Å². The third-order valence-electron chi connectivity index (χ3n) is 2.14. The molecule has 0 fully saturated rings. The highest BCUT2D eigenvalue weighted by molar-refractivity contribution is 6.06. The first-order chi connectivity index (χ1) is 9.02. The molecule has 0 aliphatic rings. The number of aryl methyl sites for hydroxylation is 1. The van der Waals surface area contributed by atoms with E-state index in [-0.39, 0.29) is 12.1 Å². The minimum absolute atomic E-state index is 0.192. The van der Waals surface area contributed by atoms with Gasteiger partial charge in [-0.25, -0.2) is 0 Å². The van der Waals surface area contributed by atoms with Crippen LogP contribution in [0.2, 0.25) is 0 Å². The van der Waals surface area contributed by atoms with Crippen LogP contribution in [0, 0.1) is 18.3 Å². The molecule has 0 radical (unpaired) electrons.